The number of rotatable bonds is 4. The molecule has 1 radical (unpaired) electrons. The van der Waals surface area contributed by atoms with Crippen LogP contribution in [0.4, 0.5) is 0 Å². The quantitative estimate of drug-likeness (QED) is 0.113. The van der Waals surface area contributed by atoms with Crippen molar-refractivity contribution >= 4 is 27.2 Å². The maximum absolute atomic E-state index is 10.0. The van der Waals surface area contributed by atoms with E-state index in [0.29, 0.717) is 0 Å². The molecule has 5 rings (SSSR count). The Morgan fingerprint density at radius 3 is 1.98 bits per heavy atom. The van der Waals surface area contributed by atoms with Gasteiger partial charge < -0.3 is 10.1 Å². The van der Waals surface area contributed by atoms with Crippen molar-refractivity contribution in [3.8, 4) is 32.8 Å². The molecule has 2 heterocycles. The minimum Gasteiger partial charge on any atom is -0.512 e. The van der Waals surface area contributed by atoms with E-state index in [-0.39, 0.29) is 42.5 Å². The molecule has 0 bridgehead atoms. The summed E-state index contributed by atoms with van der Waals surface area (Å²) in [6, 6.07) is 31.8. The van der Waals surface area contributed by atoms with E-state index in [4.69, 9.17) is 10.1 Å². The summed E-state index contributed by atoms with van der Waals surface area (Å²) in [5.74, 6) is -0.0625. The van der Waals surface area contributed by atoms with E-state index in [2.05, 4.69) is 114 Å². The predicted molar refractivity (Wildman–Crippen MR) is 179 cm³/mol. The second-order valence-corrected chi connectivity index (χ2v) is 13.9. The van der Waals surface area contributed by atoms with E-state index in [1.54, 1.807) is 0 Å². The van der Waals surface area contributed by atoms with Gasteiger partial charge in [-0.15, -0.1) is 46.7 Å². The molecule has 3 aromatic carbocycles. The number of pyridine rings is 1. The number of carbonyl (C=O) groups is 1. The molecular formula is C38H40IrNO2S-. The molecule has 0 amide bonds. The van der Waals surface area contributed by atoms with Crippen LogP contribution < -0.4 is 0 Å². The molecule has 1 N–H and O–H groups in total. The second-order valence-electron chi connectivity index (χ2n) is 12.8. The maximum Gasteiger partial charge on any atom is 0.155 e. The molecule has 0 fully saturated rings. The fraction of sp³-hybridized carbons (Fsp3) is 0.263. The third-order valence-corrected chi connectivity index (χ3v) is 8.09. The van der Waals surface area contributed by atoms with Crippen molar-refractivity contribution < 1.29 is 30.0 Å². The molecule has 3 nitrogen and oxygen atoms in total. The number of aliphatic hydroxyl groups excluding tert-OH is 1. The maximum atomic E-state index is 10.0. The van der Waals surface area contributed by atoms with E-state index in [1.165, 1.54) is 62.7 Å². The Hall–Kier alpha value is -3.37. The van der Waals surface area contributed by atoms with E-state index < -0.39 is 0 Å². The summed E-state index contributed by atoms with van der Waals surface area (Å²) in [4.78, 5) is 16.1. The number of aromatic nitrogens is 1. The van der Waals surface area contributed by atoms with Crippen LogP contribution in [-0.2, 0) is 35.7 Å². The minimum atomic E-state index is -0.125. The summed E-state index contributed by atoms with van der Waals surface area (Å²) < 4.78 is 1.21. The topological polar surface area (TPSA) is 50.2 Å². The molecule has 0 aliphatic heterocycles. The van der Waals surface area contributed by atoms with Crippen molar-refractivity contribution in [1.29, 1.82) is 0 Å². The van der Waals surface area contributed by atoms with Gasteiger partial charge in [0.15, 0.2) is 5.78 Å². The molecule has 5 aromatic rings. The summed E-state index contributed by atoms with van der Waals surface area (Å²) in [6.07, 6.45) is 3.18. The Labute approximate surface area is 274 Å². The zero-order valence-corrected chi connectivity index (χ0v) is 29.4. The molecular weight excluding hydrogens is 727 g/mol. The number of ketones is 1. The van der Waals surface area contributed by atoms with Gasteiger partial charge in [-0.05, 0) is 76.2 Å². The van der Waals surface area contributed by atoms with Gasteiger partial charge >= 0.3 is 0 Å². The number of thiophene rings is 1. The van der Waals surface area contributed by atoms with Gasteiger partial charge in [-0.25, -0.2) is 0 Å². The van der Waals surface area contributed by atoms with Crippen molar-refractivity contribution in [2.24, 2.45) is 0 Å². The fourth-order valence-corrected chi connectivity index (χ4v) is 5.59. The smallest absolute Gasteiger partial charge is 0.155 e. The number of carbonyl (C=O) groups excluding carboxylic acids is 1. The number of hydrogen-bond donors (Lipinski definition) is 1. The zero-order chi connectivity index (χ0) is 30.7. The van der Waals surface area contributed by atoms with E-state index in [9.17, 15) is 4.79 Å². The van der Waals surface area contributed by atoms with E-state index in [0.717, 1.165) is 11.3 Å². The van der Waals surface area contributed by atoms with Gasteiger partial charge in [0.1, 0.15) is 0 Å². The Balaban J connectivity index is 0.000000567. The van der Waals surface area contributed by atoms with Crippen LogP contribution >= 0.6 is 11.3 Å². The van der Waals surface area contributed by atoms with Crippen LogP contribution in [0.1, 0.15) is 66.5 Å². The first kappa shape index (κ1) is 34.1. The van der Waals surface area contributed by atoms with Gasteiger partial charge in [0.05, 0.1) is 10.5 Å². The first-order chi connectivity index (χ1) is 19.7. The summed E-state index contributed by atoms with van der Waals surface area (Å²) in [5, 5.41) is 9.59. The molecule has 5 heteroatoms. The van der Waals surface area contributed by atoms with Crippen LogP contribution in [0, 0.1) is 6.07 Å². The molecule has 0 atom stereocenters. The molecule has 225 valence electrons. The summed E-state index contributed by atoms with van der Waals surface area (Å²) in [7, 11) is 0. The van der Waals surface area contributed by atoms with Gasteiger partial charge in [0.2, 0.25) is 0 Å². The van der Waals surface area contributed by atoms with Crippen molar-refractivity contribution in [3.05, 3.63) is 114 Å². The molecule has 0 saturated heterocycles. The monoisotopic (exact) mass is 767 g/mol. The molecule has 0 aliphatic rings. The summed E-state index contributed by atoms with van der Waals surface area (Å²) in [5.41, 5.74) is 8.61. The molecule has 43 heavy (non-hydrogen) atoms. The number of allylic oxidation sites excluding steroid dienone is 2. The van der Waals surface area contributed by atoms with Crippen LogP contribution in [0.2, 0.25) is 0 Å². The van der Waals surface area contributed by atoms with Gasteiger partial charge in [-0.3, -0.25) is 4.79 Å². The van der Waals surface area contributed by atoms with Gasteiger partial charge in [-0.2, -0.15) is 0 Å². The Morgan fingerprint density at radius 1 is 0.814 bits per heavy atom. The fourth-order valence-electron chi connectivity index (χ4n) is 4.59. The predicted octanol–water partition coefficient (Wildman–Crippen LogP) is 10.7. The van der Waals surface area contributed by atoms with Gasteiger partial charge in [-0.1, -0.05) is 84.0 Å². The molecule has 0 saturated carbocycles. The van der Waals surface area contributed by atoms with Crippen LogP contribution in [-0.4, -0.2) is 15.9 Å². The Kier molecular flexibility index (Phi) is 11.1. The second kappa shape index (κ2) is 13.9. The van der Waals surface area contributed by atoms with Crippen LogP contribution in [0.5, 0.6) is 0 Å². The van der Waals surface area contributed by atoms with Crippen LogP contribution in [0.25, 0.3) is 42.9 Å². The third-order valence-electron chi connectivity index (χ3n) is 6.95. The minimum absolute atomic E-state index is 0. The van der Waals surface area contributed by atoms with Crippen molar-refractivity contribution in [1.82, 2.24) is 4.98 Å². The average Bonchev–Trinajstić information content (AvgIpc) is 3.36. The Bertz CT molecular complexity index is 1700. The molecule has 0 spiro atoms. The number of hydrogen-bond acceptors (Lipinski definition) is 4. The van der Waals surface area contributed by atoms with Crippen molar-refractivity contribution in [3.63, 3.8) is 0 Å². The zero-order valence-electron chi connectivity index (χ0n) is 26.2. The first-order valence-electron chi connectivity index (χ1n) is 14.2. The molecule has 0 unspecified atom stereocenters. The van der Waals surface area contributed by atoms with Crippen LogP contribution in [0.15, 0.2) is 96.9 Å². The number of aliphatic hydroxyl groups is 1. The Morgan fingerprint density at radius 2 is 1.44 bits per heavy atom. The number of benzene rings is 3. The molecule has 0 aliphatic carbocycles. The number of fused-ring (bicyclic) bond motifs is 1. The van der Waals surface area contributed by atoms with Crippen LogP contribution in [0.3, 0.4) is 0 Å². The van der Waals surface area contributed by atoms with Crippen molar-refractivity contribution in [2.75, 3.05) is 0 Å². The van der Waals surface area contributed by atoms with Crippen molar-refractivity contribution in [2.45, 2.75) is 66.2 Å². The first-order valence-corrected chi connectivity index (χ1v) is 15.0. The normalized spacial score (nSPS) is 11.9. The standard InChI is InChI=1S/C33H32NS.C5H8O2.Ir/c1-32(2,3)27-16-25(17-28(20-27)33(4,5)6)30-19-26-18-29(34-21-31(26)35-30)24-14-10-13-23(15-24)22-11-8-7-9-12-22;1-4(6)3-5(2)7;/h7-13,15-21H,1-6H3;3,6H,1-2H3;/q-1;;/b;4-3-;. The molecule has 2 aromatic heterocycles. The largest absolute Gasteiger partial charge is 0.512 e. The SMILES string of the molecule is CC(=O)/C=C(/C)O.CC(C)(C)c1cc(-c2cc3cc(-c4[c-]ccc(-c5ccccc5)c4)ncc3s2)cc(C(C)(C)C)c1.[Ir]. The summed E-state index contributed by atoms with van der Waals surface area (Å²) >= 11 is 1.82. The van der Waals surface area contributed by atoms with Gasteiger partial charge in [0, 0.05) is 37.3 Å². The van der Waals surface area contributed by atoms with E-state index in [1.807, 2.05) is 29.7 Å². The number of nitrogens with zero attached hydrogens (tertiary/aromatic N) is 1. The summed E-state index contributed by atoms with van der Waals surface area (Å²) in [6.45, 7) is 16.6. The van der Waals surface area contributed by atoms with Gasteiger partial charge in [0.25, 0.3) is 0 Å². The average molecular weight is 767 g/mol. The van der Waals surface area contributed by atoms with E-state index >= 15 is 0 Å². The third kappa shape index (κ3) is 9.06.